The smallest absolute Gasteiger partial charge is 0.296 e. The number of rotatable bonds is 3. The highest BCUT2D eigenvalue weighted by Gasteiger charge is 2.29. The van der Waals surface area contributed by atoms with E-state index < -0.39 is 11.7 Å². The van der Waals surface area contributed by atoms with E-state index in [0.29, 0.717) is 11.3 Å². The first-order chi connectivity index (χ1) is 9.58. The van der Waals surface area contributed by atoms with Crippen molar-refractivity contribution in [2.75, 3.05) is 11.6 Å². The molecule has 2 heterocycles. The predicted octanol–water partition coefficient (Wildman–Crippen LogP) is 3.31. The molecule has 0 radical (unpaired) electrons. The summed E-state index contributed by atoms with van der Waals surface area (Å²) in [6.07, 6.45) is 1.95. The number of thioether (sulfide) groups is 1. The van der Waals surface area contributed by atoms with Gasteiger partial charge in [0.05, 0.1) is 11.3 Å². The fourth-order valence-corrected chi connectivity index (χ4v) is 4.66. The quantitative estimate of drug-likeness (QED) is 0.643. The Hall–Kier alpha value is -0.900. The molecule has 0 bridgehead atoms. The number of fused-ring (bicyclic) bond motifs is 1. The Labute approximate surface area is 135 Å². The number of ketones is 1. The van der Waals surface area contributed by atoms with Crippen LogP contribution in [0.1, 0.15) is 10.4 Å². The number of Topliss-reactive ketones (excluding diaryl/α,β-unsaturated/α-hetero) is 1. The van der Waals surface area contributed by atoms with Crippen LogP contribution in [0.15, 0.2) is 30.2 Å². The van der Waals surface area contributed by atoms with Gasteiger partial charge in [-0.1, -0.05) is 34.9 Å². The number of anilines is 1. The van der Waals surface area contributed by atoms with Crippen molar-refractivity contribution >= 4 is 68.2 Å². The van der Waals surface area contributed by atoms with Crippen molar-refractivity contribution in [3.8, 4) is 0 Å². The van der Waals surface area contributed by atoms with Crippen LogP contribution >= 0.6 is 50.8 Å². The van der Waals surface area contributed by atoms with Gasteiger partial charge in [-0.05, 0) is 34.3 Å². The van der Waals surface area contributed by atoms with Crippen LogP contribution in [0.4, 0.5) is 5.69 Å². The summed E-state index contributed by atoms with van der Waals surface area (Å²) < 4.78 is 2.46. The van der Waals surface area contributed by atoms with Crippen LogP contribution in [0.3, 0.4) is 0 Å². The molecule has 0 unspecified atom stereocenters. The molecule has 1 aromatic carbocycles. The molecule has 1 aromatic heterocycles. The second-order valence-corrected chi connectivity index (χ2v) is 7.93. The number of nitrogens with one attached hydrogen (secondary N) is 1. The molecule has 102 valence electrons. The van der Waals surface area contributed by atoms with Crippen molar-refractivity contribution < 1.29 is 9.59 Å². The van der Waals surface area contributed by atoms with Gasteiger partial charge in [-0.25, -0.2) is 0 Å². The topological polar surface area (TPSA) is 72.0 Å². The fourth-order valence-electron chi connectivity index (χ4n) is 1.64. The van der Waals surface area contributed by atoms with E-state index in [1.165, 1.54) is 23.1 Å². The molecule has 0 atom stereocenters. The molecule has 1 amide bonds. The number of aromatic nitrogens is 2. The molecule has 1 aliphatic heterocycles. The standard InChI is InChI=1S/C11H6BrN3O2S3/c1-18-10-14-15-11(20-10)19-7-3-6-4(2-5(7)12)8(16)9(17)13-6/h2-3H,1H3,(H,13,16,17). The maximum atomic E-state index is 11.6. The number of nitrogens with zero attached hydrogens (tertiary/aromatic N) is 2. The van der Waals surface area contributed by atoms with Crippen molar-refractivity contribution in [3.05, 3.63) is 22.2 Å². The molecule has 0 aliphatic carbocycles. The number of halogens is 1. The molecule has 0 saturated carbocycles. The zero-order valence-electron chi connectivity index (χ0n) is 9.97. The third kappa shape index (κ3) is 2.50. The van der Waals surface area contributed by atoms with Crippen LogP contribution in [0, 0.1) is 0 Å². The van der Waals surface area contributed by atoms with Crippen LogP contribution in [0.2, 0.25) is 0 Å². The van der Waals surface area contributed by atoms with E-state index in [1.807, 2.05) is 6.26 Å². The average molecular weight is 388 g/mol. The molecule has 5 nitrogen and oxygen atoms in total. The Kier molecular flexibility index (Phi) is 3.85. The number of amides is 1. The maximum absolute atomic E-state index is 11.6. The van der Waals surface area contributed by atoms with E-state index in [0.717, 1.165) is 18.0 Å². The lowest BCUT2D eigenvalue weighted by atomic mass is 10.1. The number of hydrogen-bond donors (Lipinski definition) is 1. The van der Waals surface area contributed by atoms with Crippen molar-refractivity contribution in [3.63, 3.8) is 0 Å². The van der Waals surface area contributed by atoms with Crippen molar-refractivity contribution in [1.29, 1.82) is 0 Å². The minimum Gasteiger partial charge on any atom is -0.318 e. The third-order valence-electron chi connectivity index (χ3n) is 2.53. The van der Waals surface area contributed by atoms with E-state index in [1.54, 1.807) is 23.9 Å². The van der Waals surface area contributed by atoms with Gasteiger partial charge in [-0.2, -0.15) is 0 Å². The van der Waals surface area contributed by atoms with E-state index in [2.05, 4.69) is 31.4 Å². The molecule has 1 aliphatic rings. The summed E-state index contributed by atoms with van der Waals surface area (Å²) in [6, 6.07) is 3.43. The lowest BCUT2D eigenvalue weighted by Gasteiger charge is -2.04. The van der Waals surface area contributed by atoms with Gasteiger partial charge in [0.2, 0.25) is 0 Å². The normalized spacial score (nSPS) is 13.5. The molecule has 9 heteroatoms. The summed E-state index contributed by atoms with van der Waals surface area (Å²) >= 11 is 7.90. The molecule has 1 N–H and O–H groups in total. The first-order valence-electron chi connectivity index (χ1n) is 5.33. The number of carbonyl (C=O) groups excluding carboxylic acids is 2. The predicted molar refractivity (Wildman–Crippen MR) is 82.9 cm³/mol. The second kappa shape index (κ2) is 5.47. The van der Waals surface area contributed by atoms with Gasteiger partial charge in [0, 0.05) is 9.37 Å². The highest BCUT2D eigenvalue weighted by atomic mass is 79.9. The zero-order chi connectivity index (χ0) is 14.3. The van der Waals surface area contributed by atoms with E-state index in [4.69, 9.17) is 0 Å². The van der Waals surface area contributed by atoms with Crippen LogP contribution < -0.4 is 5.32 Å². The SMILES string of the molecule is CSc1nnc(Sc2cc3c(cc2Br)C(=O)C(=O)N3)s1. The Bertz CT molecular complexity index is 732. The fraction of sp³-hybridized carbons (Fsp3) is 0.0909. The molecular weight excluding hydrogens is 382 g/mol. The lowest BCUT2D eigenvalue weighted by molar-refractivity contribution is -0.112. The van der Waals surface area contributed by atoms with Gasteiger partial charge in [0.1, 0.15) is 0 Å². The molecule has 0 spiro atoms. The molecule has 0 fully saturated rings. The monoisotopic (exact) mass is 387 g/mol. The number of hydrogen-bond acceptors (Lipinski definition) is 7. The first-order valence-corrected chi connectivity index (χ1v) is 8.98. The summed E-state index contributed by atoms with van der Waals surface area (Å²) in [5.41, 5.74) is 0.939. The Morgan fingerprint density at radius 3 is 2.70 bits per heavy atom. The van der Waals surface area contributed by atoms with Gasteiger partial charge in [-0.15, -0.1) is 10.2 Å². The summed E-state index contributed by atoms with van der Waals surface area (Å²) in [5.74, 6) is -1.09. The average Bonchev–Trinajstić information content (AvgIpc) is 2.98. The van der Waals surface area contributed by atoms with Gasteiger partial charge < -0.3 is 5.32 Å². The van der Waals surface area contributed by atoms with Gasteiger partial charge in [0.15, 0.2) is 8.68 Å². The largest absolute Gasteiger partial charge is 0.318 e. The minimum absolute atomic E-state index is 0.397. The molecule has 2 aromatic rings. The molecule has 0 saturated heterocycles. The van der Waals surface area contributed by atoms with E-state index in [-0.39, 0.29) is 0 Å². The highest BCUT2D eigenvalue weighted by Crippen LogP contribution is 2.40. The summed E-state index contributed by atoms with van der Waals surface area (Å²) in [4.78, 5) is 23.8. The zero-order valence-corrected chi connectivity index (χ0v) is 14.0. The highest BCUT2D eigenvalue weighted by molar-refractivity contribution is 9.10. The van der Waals surface area contributed by atoms with Crippen LogP contribution in [0.25, 0.3) is 0 Å². The van der Waals surface area contributed by atoms with Crippen LogP contribution in [-0.2, 0) is 4.79 Å². The third-order valence-corrected chi connectivity index (χ3v) is 6.46. The van der Waals surface area contributed by atoms with Crippen molar-refractivity contribution in [2.45, 2.75) is 13.6 Å². The van der Waals surface area contributed by atoms with E-state index in [9.17, 15) is 9.59 Å². The van der Waals surface area contributed by atoms with Crippen LogP contribution in [-0.4, -0.2) is 28.1 Å². The van der Waals surface area contributed by atoms with Crippen LogP contribution in [0.5, 0.6) is 0 Å². The lowest BCUT2D eigenvalue weighted by Crippen LogP contribution is -2.12. The van der Waals surface area contributed by atoms with Gasteiger partial charge >= 0.3 is 0 Å². The van der Waals surface area contributed by atoms with Gasteiger partial charge in [-0.3, -0.25) is 9.59 Å². The molecular formula is C11H6BrN3O2S3. The Morgan fingerprint density at radius 1 is 1.25 bits per heavy atom. The summed E-state index contributed by atoms with van der Waals surface area (Å²) in [7, 11) is 0. The number of benzene rings is 1. The van der Waals surface area contributed by atoms with Crippen molar-refractivity contribution in [2.24, 2.45) is 0 Å². The first kappa shape index (κ1) is 14.1. The Balaban J connectivity index is 1.93. The summed E-state index contributed by atoms with van der Waals surface area (Å²) in [6.45, 7) is 0. The Morgan fingerprint density at radius 2 is 2.00 bits per heavy atom. The second-order valence-electron chi connectivity index (χ2n) is 3.75. The van der Waals surface area contributed by atoms with E-state index >= 15 is 0 Å². The number of carbonyl (C=O) groups is 2. The van der Waals surface area contributed by atoms with Gasteiger partial charge in [0.25, 0.3) is 11.7 Å². The minimum atomic E-state index is -0.588. The maximum Gasteiger partial charge on any atom is 0.296 e. The summed E-state index contributed by atoms with van der Waals surface area (Å²) in [5, 5.41) is 10.7. The molecule has 3 rings (SSSR count). The van der Waals surface area contributed by atoms with Crippen molar-refractivity contribution in [1.82, 2.24) is 10.2 Å². The molecule has 20 heavy (non-hydrogen) atoms.